The first kappa shape index (κ1) is 18.3. The second kappa shape index (κ2) is 6.68. The van der Waals surface area contributed by atoms with Gasteiger partial charge in [0, 0.05) is 18.1 Å². The highest BCUT2D eigenvalue weighted by Crippen LogP contribution is 2.41. The lowest BCUT2D eigenvalue weighted by molar-refractivity contribution is 0.0274. The molecule has 1 aromatic rings. The summed E-state index contributed by atoms with van der Waals surface area (Å²) in [5.41, 5.74) is 1.34. The molecule has 4 heterocycles. The number of benzene rings is 1. The van der Waals surface area contributed by atoms with Gasteiger partial charge in [0.25, 0.3) is 0 Å². The molecule has 4 aliphatic heterocycles. The molecule has 1 atom stereocenters. The molecule has 4 aliphatic rings. The Kier molecular flexibility index (Phi) is 4.37. The van der Waals surface area contributed by atoms with Crippen molar-refractivity contribution in [3.63, 3.8) is 0 Å². The number of halogens is 2. The molecule has 5 rings (SSSR count). The zero-order valence-electron chi connectivity index (χ0n) is 15.7. The lowest BCUT2D eigenvalue weighted by Gasteiger charge is -2.31. The molecule has 1 aromatic carbocycles. The van der Waals surface area contributed by atoms with Gasteiger partial charge in [0.1, 0.15) is 24.8 Å². The molecule has 0 amide bonds. The summed E-state index contributed by atoms with van der Waals surface area (Å²) in [5.74, 6) is 2.05. The Balaban J connectivity index is 1.47. The summed E-state index contributed by atoms with van der Waals surface area (Å²) in [6.07, 6.45) is 5.21. The van der Waals surface area contributed by atoms with Crippen molar-refractivity contribution in [1.82, 2.24) is 15.1 Å². The van der Waals surface area contributed by atoms with Crippen LogP contribution in [0.15, 0.2) is 39.8 Å². The van der Waals surface area contributed by atoms with Crippen molar-refractivity contribution in [3.8, 4) is 5.75 Å². The van der Waals surface area contributed by atoms with E-state index in [2.05, 4.69) is 37.7 Å². The number of hydrogen-bond acceptors (Lipinski definition) is 6. The van der Waals surface area contributed by atoms with E-state index in [1.54, 1.807) is 0 Å². The van der Waals surface area contributed by atoms with Gasteiger partial charge in [-0.3, -0.25) is 9.89 Å². The highest BCUT2D eigenvalue weighted by molar-refractivity contribution is 9.10. The molecule has 2 fully saturated rings. The van der Waals surface area contributed by atoms with Crippen LogP contribution in [0.1, 0.15) is 19.3 Å². The van der Waals surface area contributed by atoms with Gasteiger partial charge >= 0.3 is 5.95 Å². The zero-order chi connectivity index (χ0) is 19.5. The van der Waals surface area contributed by atoms with Crippen LogP contribution in [0.4, 0.5) is 0 Å². The van der Waals surface area contributed by atoms with Crippen molar-refractivity contribution < 1.29 is 9.47 Å². The van der Waals surface area contributed by atoms with Crippen LogP contribution in [0.2, 0.25) is 5.02 Å². The largest absolute Gasteiger partial charge is 0.462 e. The van der Waals surface area contributed by atoms with E-state index < -0.39 is 0 Å². The predicted octanol–water partition coefficient (Wildman–Crippen LogP) is 2.28. The first-order valence-electron chi connectivity index (χ1n) is 9.44. The third-order valence-corrected chi connectivity index (χ3v) is 7.20. The summed E-state index contributed by atoms with van der Waals surface area (Å²) in [6.45, 7) is 7.35. The number of nitrogens with zero attached hydrogens (tertiary/aromatic N) is 3. The third-order valence-electron chi connectivity index (χ3n) is 5.96. The Morgan fingerprint density at radius 3 is 3.21 bits per heavy atom. The summed E-state index contributed by atoms with van der Waals surface area (Å²) < 4.78 is 13.2. The second-order valence-corrected chi connectivity index (χ2v) is 9.09. The van der Waals surface area contributed by atoms with Crippen LogP contribution in [0.5, 0.6) is 5.75 Å². The Hall–Kier alpha value is -1.70. The van der Waals surface area contributed by atoms with Crippen LogP contribution in [0.25, 0.3) is 5.82 Å². The van der Waals surface area contributed by atoms with E-state index in [1.807, 2.05) is 24.2 Å². The number of fused-ring (bicyclic) bond motifs is 1. The monoisotopic (exact) mass is 464 g/mol. The van der Waals surface area contributed by atoms with Crippen LogP contribution in [-0.2, 0) is 4.74 Å². The van der Waals surface area contributed by atoms with Crippen molar-refractivity contribution in [1.29, 1.82) is 0 Å². The minimum atomic E-state index is 0.0504. The standard InChI is InChI=1S/C20H22BrClN4O2/c1-12-7-20(4-3-5-26(20)8-12)10-27-15-9-25(2)19-16-14(28-15)6-13(21)17(22)18(16)23-11-24-19/h6,9,24H,1,3-5,7-8,10-11H2,2H3/t20-/m0/s1. The smallest absolute Gasteiger partial charge is 0.301 e. The molecule has 28 heavy (non-hydrogen) atoms. The molecule has 0 aliphatic carbocycles. The minimum Gasteiger partial charge on any atom is -0.462 e. The van der Waals surface area contributed by atoms with E-state index in [-0.39, 0.29) is 5.54 Å². The van der Waals surface area contributed by atoms with E-state index in [0.717, 1.165) is 46.8 Å². The van der Waals surface area contributed by atoms with Gasteiger partial charge in [-0.15, -0.1) is 0 Å². The molecule has 6 nitrogen and oxygen atoms in total. The summed E-state index contributed by atoms with van der Waals surface area (Å²) in [7, 11) is 1.97. The fraction of sp³-hybridized carbons (Fsp3) is 0.450. The fourth-order valence-corrected chi connectivity index (χ4v) is 5.31. The van der Waals surface area contributed by atoms with E-state index >= 15 is 0 Å². The Bertz CT molecular complexity index is 1020. The lowest BCUT2D eigenvalue weighted by Crippen LogP contribution is -2.43. The third kappa shape index (κ3) is 2.83. The maximum absolute atomic E-state index is 6.47. The zero-order valence-corrected chi connectivity index (χ0v) is 18.1. The fourth-order valence-electron chi connectivity index (χ4n) is 4.71. The molecule has 0 bridgehead atoms. The van der Waals surface area contributed by atoms with Gasteiger partial charge in [-0.1, -0.05) is 23.8 Å². The predicted molar refractivity (Wildman–Crippen MR) is 111 cm³/mol. The molecular weight excluding hydrogens is 444 g/mol. The van der Waals surface area contributed by atoms with Gasteiger partial charge in [-0.2, -0.15) is 0 Å². The molecule has 8 heteroatoms. The second-order valence-electron chi connectivity index (χ2n) is 7.86. The molecule has 0 saturated carbocycles. The van der Waals surface area contributed by atoms with E-state index in [1.165, 1.54) is 12.0 Å². The van der Waals surface area contributed by atoms with Crippen molar-refractivity contribution in [2.24, 2.45) is 4.99 Å². The summed E-state index contributed by atoms with van der Waals surface area (Å²) >= 11 is 9.98. The Morgan fingerprint density at radius 1 is 1.50 bits per heavy atom. The molecule has 148 valence electrons. The lowest BCUT2D eigenvalue weighted by atomic mass is 9.94. The van der Waals surface area contributed by atoms with Crippen LogP contribution in [-0.4, -0.2) is 48.8 Å². The normalized spacial score (nSPS) is 26.0. The van der Waals surface area contributed by atoms with Crippen LogP contribution in [0.3, 0.4) is 0 Å². The van der Waals surface area contributed by atoms with Crippen molar-refractivity contribution in [2.45, 2.75) is 24.8 Å². The SMILES string of the molecule is C=C1CN2CCC[C@@]2(COC2=CN(C)C3=c4c(cc(Br)c(Cl)c4=NCN3)O2)C1. The van der Waals surface area contributed by atoms with Crippen molar-refractivity contribution in [2.75, 3.05) is 33.4 Å². The van der Waals surface area contributed by atoms with Crippen molar-refractivity contribution >= 4 is 33.4 Å². The Labute approximate surface area is 177 Å². The average Bonchev–Trinajstić information content (AvgIpc) is 3.14. The quantitative estimate of drug-likeness (QED) is 0.694. The first-order valence-corrected chi connectivity index (χ1v) is 10.6. The topological polar surface area (TPSA) is 49.3 Å². The maximum Gasteiger partial charge on any atom is 0.301 e. The Morgan fingerprint density at radius 2 is 2.36 bits per heavy atom. The molecule has 1 N–H and O–H groups in total. The first-order chi connectivity index (χ1) is 13.5. The van der Waals surface area contributed by atoms with Crippen LogP contribution >= 0.6 is 27.5 Å². The number of hydrogen-bond donors (Lipinski definition) is 1. The summed E-state index contributed by atoms with van der Waals surface area (Å²) in [4.78, 5) is 9.00. The molecule has 0 unspecified atom stereocenters. The number of rotatable bonds is 3. The molecular formula is C20H22BrClN4O2. The van der Waals surface area contributed by atoms with Gasteiger partial charge in [0.05, 0.1) is 27.3 Å². The highest BCUT2D eigenvalue weighted by atomic mass is 79.9. The van der Waals surface area contributed by atoms with Gasteiger partial charge in [-0.25, -0.2) is 0 Å². The molecule has 0 spiro atoms. The highest BCUT2D eigenvalue weighted by Gasteiger charge is 2.46. The van der Waals surface area contributed by atoms with E-state index in [0.29, 0.717) is 30.0 Å². The number of ether oxygens (including phenoxy) is 2. The maximum atomic E-state index is 6.47. The van der Waals surface area contributed by atoms with Crippen LogP contribution < -0.4 is 20.6 Å². The van der Waals surface area contributed by atoms with Gasteiger partial charge in [0.15, 0.2) is 0 Å². The van der Waals surface area contributed by atoms with E-state index in [4.69, 9.17) is 21.1 Å². The van der Waals surface area contributed by atoms with E-state index in [9.17, 15) is 0 Å². The van der Waals surface area contributed by atoms with Gasteiger partial charge in [0.2, 0.25) is 0 Å². The minimum absolute atomic E-state index is 0.0504. The number of nitrogens with one attached hydrogen (secondary N) is 1. The summed E-state index contributed by atoms with van der Waals surface area (Å²) in [5, 5.41) is 5.49. The van der Waals surface area contributed by atoms with Crippen molar-refractivity contribution in [3.05, 3.63) is 50.4 Å². The molecule has 0 aromatic heterocycles. The molecule has 2 saturated heterocycles. The summed E-state index contributed by atoms with van der Waals surface area (Å²) in [6, 6.07) is 1.87. The molecule has 0 radical (unpaired) electrons. The average molecular weight is 466 g/mol. The van der Waals surface area contributed by atoms with Crippen LogP contribution in [0, 0.1) is 0 Å². The van der Waals surface area contributed by atoms with Gasteiger partial charge < -0.3 is 19.7 Å². The van der Waals surface area contributed by atoms with Gasteiger partial charge in [-0.05, 0) is 47.8 Å².